The van der Waals surface area contributed by atoms with E-state index < -0.39 is 0 Å². The molecule has 0 unspecified atom stereocenters. The molecule has 3 rings (SSSR count). The number of hydrogen-bond donors (Lipinski definition) is 0. The van der Waals surface area contributed by atoms with Gasteiger partial charge in [0.1, 0.15) is 5.75 Å². The van der Waals surface area contributed by atoms with Crippen molar-refractivity contribution in [3.63, 3.8) is 0 Å². The molecule has 0 aromatic heterocycles. The molecular formula is C21H25ClN2O4. The molecule has 7 heteroatoms. The first-order valence-corrected chi connectivity index (χ1v) is 9.64. The van der Waals surface area contributed by atoms with E-state index in [9.17, 15) is 4.79 Å². The second kappa shape index (κ2) is 9.06. The van der Waals surface area contributed by atoms with E-state index in [1.807, 2.05) is 36.1 Å². The topological polar surface area (TPSA) is 51.2 Å². The van der Waals surface area contributed by atoms with Gasteiger partial charge in [-0.15, -0.1) is 0 Å². The molecular weight excluding hydrogens is 380 g/mol. The monoisotopic (exact) mass is 404 g/mol. The Hall–Kier alpha value is -2.60. The number of halogens is 1. The van der Waals surface area contributed by atoms with Crippen LogP contribution in [-0.2, 0) is 0 Å². The van der Waals surface area contributed by atoms with E-state index in [1.165, 1.54) is 7.11 Å². The van der Waals surface area contributed by atoms with Crippen LogP contribution in [0, 0.1) is 0 Å². The summed E-state index contributed by atoms with van der Waals surface area (Å²) in [7, 11) is 3.20. The standard InChI is InChI=1S/C21H25ClN2O4/c1-4-28-20-16(22)13-15(14-19(20)27-3)21(25)24-11-9-23(10-12-24)17-7-5-6-8-18(17)26-2/h5-8,13-14H,4,9-12H2,1-3H3. The number of carbonyl (C=O) groups is 1. The zero-order chi connectivity index (χ0) is 20.1. The Morgan fingerprint density at radius 1 is 1.04 bits per heavy atom. The quantitative estimate of drug-likeness (QED) is 0.734. The van der Waals surface area contributed by atoms with Gasteiger partial charge >= 0.3 is 0 Å². The molecule has 2 aromatic rings. The third kappa shape index (κ3) is 4.12. The molecule has 1 amide bonds. The van der Waals surface area contributed by atoms with Gasteiger partial charge in [0, 0.05) is 31.7 Å². The number of para-hydroxylation sites is 2. The highest BCUT2D eigenvalue weighted by Gasteiger charge is 2.25. The van der Waals surface area contributed by atoms with Crippen molar-refractivity contribution >= 4 is 23.2 Å². The Balaban J connectivity index is 1.72. The Labute approximate surface area is 170 Å². The predicted octanol–water partition coefficient (Wildman–Crippen LogP) is 3.72. The van der Waals surface area contributed by atoms with Crippen LogP contribution in [0.3, 0.4) is 0 Å². The van der Waals surface area contributed by atoms with Gasteiger partial charge in [-0.05, 0) is 31.2 Å². The normalized spacial score (nSPS) is 14.0. The lowest BCUT2D eigenvalue weighted by Gasteiger charge is -2.36. The lowest BCUT2D eigenvalue weighted by atomic mass is 10.1. The summed E-state index contributed by atoms with van der Waals surface area (Å²) in [6.07, 6.45) is 0. The van der Waals surface area contributed by atoms with Crippen molar-refractivity contribution in [2.45, 2.75) is 6.92 Å². The summed E-state index contributed by atoms with van der Waals surface area (Å²) in [6, 6.07) is 11.2. The van der Waals surface area contributed by atoms with Gasteiger partial charge in [-0.25, -0.2) is 0 Å². The molecule has 0 saturated carbocycles. The minimum atomic E-state index is -0.0667. The van der Waals surface area contributed by atoms with E-state index in [2.05, 4.69) is 4.90 Å². The number of hydrogen-bond acceptors (Lipinski definition) is 5. The lowest BCUT2D eigenvalue weighted by Crippen LogP contribution is -2.48. The number of anilines is 1. The third-order valence-electron chi connectivity index (χ3n) is 4.76. The molecule has 6 nitrogen and oxygen atoms in total. The SMILES string of the molecule is CCOc1c(Cl)cc(C(=O)N2CCN(c3ccccc3OC)CC2)cc1OC. The van der Waals surface area contributed by atoms with Crippen LogP contribution in [0.4, 0.5) is 5.69 Å². The highest BCUT2D eigenvalue weighted by Crippen LogP contribution is 2.37. The van der Waals surface area contributed by atoms with E-state index in [-0.39, 0.29) is 5.91 Å². The van der Waals surface area contributed by atoms with E-state index >= 15 is 0 Å². The van der Waals surface area contributed by atoms with Crippen molar-refractivity contribution in [2.75, 3.05) is 51.9 Å². The fourth-order valence-corrected chi connectivity index (χ4v) is 3.62. The molecule has 2 aromatic carbocycles. The predicted molar refractivity (Wildman–Crippen MR) is 110 cm³/mol. The fraction of sp³-hybridized carbons (Fsp3) is 0.381. The minimum absolute atomic E-state index is 0.0667. The first-order valence-electron chi connectivity index (χ1n) is 9.26. The Bertz CT molecular complexity index is 835. The number of carbonyl (C=O) groups excluding carboxylic acids is 1. The van der Waals surface area contributed by atoms with Crippen LogP contribution in [-0.4, -0.2) is 57.8 Å². The van der Waals surface area contributed by atoms with Gasteiger partial charge < -0.3 is 24.0 Å². The maximum atomic E-state index is 13.0. The maximum absolute atomic E-state index is 13.0. The smallest absolute Gasteiger partial charge is 0.254 e. The van der Waals surface area contributed by atoms with E-state index in [4.69, 9.17) is 25.8 Å². The van der Waals surface area contributed by atoms with Gasteiger partial charge in [0.15, 0.2) is 11.5 Å². The maximum Gasteiger partial charge on any atom is 0.254 e. The summed E-state index contributed by atoms with van der Waals surface area (Å²) in [5.74, 6) is 1.70. The van der Waals surface area contributed by atoms with Crippen LogP contribution in [0.5, 0.6) is 17.2 Å². The molecule has 1 heterocycles. The minimum Gasteiger partial charge on any atom is -0.495 e. The summed E-state index contributed by atoms with van der Waals surface area (Å²) in [5.41, 5.74) is 1.54. The van der Waals surface area contributed by atoms with Gasteiger partial charge in [-0.3, -0.25) is 4.79 Å². The number of methoxy groups -OCH3 is 2. The number of ether oxygens (including phenoxy) is 3. The molecule has 1 aliphatic heterocycles. The van der Waals surface area contributed by atoms with Crippen LogP contribution in [0.2, 0.25) is 5.02 Å². The Morgan fingerprint density at radius 3 is 2.36 bits per heavy atom. The highest BCUT2D eigenvalue weighted by atomic mass is 35.5. The molecule has 0 N–H and O–H groups in total. The summed E-state index contributed by atoms with van der Waals surface area (Å²) in [4.78, 5) is 17.0. The van der Waals surface area contributed by atoms with E-state index in [1.54, 1.807) is 19.2 Å². The van der Waals surface area contributed by atoms with Gasteiger partial charge in [0.25, 0.3) is 5.91 Å². The zero-order valence-corrected chi connectivity index (χ0v) is 17.2. The van der Waals surface area contributed by atoms with Crippen molar-refractivity contribution in [1.82, 2.24) is 4.90 Å². The molecule has 0 aliphatic carbocycles. The highest BCUT2D eigenvalue weighted by molar-refractivity contribution is 6.32. The average molecular weight is 405 g/mol. The Kier molecular flexibility index (Phi) is 6.52. The summed E-state index contributed by atoms with van der Waals surface area (Å²) >= 11 is 6.31. The van der Waals surface area contributed by atoms with E-state index in [0.717, 1.165) is 24.5 Å². The molecule has 1 fully saturated rings. The van der Waals surface area contributed by atoms with Crippen molar-refractivity contribution < 1.29 is 19.0 Å². The van der Waals surface area contributed by atoms with Crippen LogP contribution >= 0.6 is 11.6 Å². The number of benzene rings is 2. The zero-order valence-electron chi connectivity index (χ0n) is 16.4. The number of amides is 1. The third-order valence-corrected chi connectivity index (χ3v) is 5.04. The van der Waals surface area contributed by atoms with E-state index in [0.29, 0.717) is 41.8 Å². The van der Waals surface area contributed by atoms with Crippen molar-refractivity contribution in [1.29, 1.82) is 0 Å². The number of piperazine rings is 1. The van der Waals surface area contributed by atoms with Crippen molar-refractivity contribution in [3.8, 4) is 17.2 Å². The van der Waals surface area contributed by atoms with Crippen LogP contribution in [0.1, 0.15) is 17.3 Å². The largest absolute Gasteiger partial charge is 0.495 e. The number of rotatable bonds is 6. The first-order chi connectivity index (χ1) is 13.6. The number of nitrogens with zero attached hydrogens (tertiary/aromatic N) is 2. The summed E-state index contributed by atoms with van der Waals surface area (Å²) in [6.45, 7) is 5.03. The second-order valence-electron chi connectivity index (χ2n) is 6.37. The first kappa shape index (κ1) is 20.1. The lowest BCUT2D eigenvalue weighted by molar-refractivity contribution is 0.0746. The van der Waals surface area contributed by atoms with Crippen LogP contribution in [0.15, 0.2) is 36.4 Å². The average Bonchev–Trinajstić information content (AvgIpc) is 2.74. The van der Waals surface area contributed by atoms with Crippen molar-refractivity contribution in [2.24, 2.45) is 0 Å². The molecule has 150 valence electrons. The molecule has 0 radical (unpaired) electrons. The second-order valence-corrected chi connectivity index (χ2v) is 6.78. The molecule has 28 heavy (non-hydrogen) atoms. The van der Waals surface area contributed by atoms with Crippen LogP contribution < -0.4 is 19.1 Å². The molecule has 1 aliphatic rings. The summed E-state index contributed by atoms with van der Waals surface area (Å²) in [5, 5.41) is 0.372. The molecule has 0 spiro atoms. The Morgan fingerprint density at radius 2 is 1.71 bits per heavy atom. The van der Waals surface area contributed by atoms with Gasteiger partial charge in [0.05, 0.1) is 31.5 Å². The molecule has 0 bridgehead atoms. The fourth-order valence-electron chi connectivity index (χ4n) is 3.35. The van der Waals surface area contributed by atoms with Gasteiger partial charge in [-0.2, -0.15) is 0 Å². The molecule has 1 saturated heterocycles. The van der Waals surface area contributed by atoms with Gasteiger partial charge in [-0.1, -0.05) is 23.7 Å². The summed E-state index contributed by atoms with van der Waals surface area (Å²) < 4.78 is 16.3. The van der Waals surface area contributed by atoms with Crippen molar-refractivity contribution in [3.05, 3.63) is 47.0 Å². The van der Waals surface area contributed by atoms with Gasteiger partial charge in [0.2, 0.25) is 0 Å². The van der Waals surface area contributed by atoms with Crippen LogP contribution in [0.25, 0.3) is 0 Å². The molecule has 0 atom stereocenters.